The van der Waals surface area contributed by atoms with Crippen LogP contribution in [0.25, 0.3) is 0 Å². The second kappa shape index (κ2) is 4.76. The van der Waals surface area contributed by atoms with Gasteiger partial charge in [-0.15, -0.1) is 0 Å². The molecule has 0 radical (unpaired) electrons. The molecular formula is C10H8ClIN2S. The second-order valence-corrected chi connectivity index (χ2v) is 5.66. The van der Waals surface area contributed by atoms with Crippen LogP contribution >= 0.6 is 46.0 Å². The van der Waals surface area contributed by atoms with Crippen LogP contribution in [0.15, 0.2) is 40.6 Å². The molecule has 1 aromatic heterocycles. The number of imidazole rings is 1. The van der Waals surface area contributed by atoms with Crippen LogP contribution in [-0.4, -0.2) is 9.55 Å². The molecule has 0 aliphatic carbocycles. The molecule has 0 aliphatic rings. The van der Waals surface area contributed by atoms with Gasteiger partial charge in [0.2, 0.25) is 0 Å². The Kier molecular flexibility index (Phi) is 3.58. The van der Waals surface area contributed by atoms with E-state index in [-0.39, 0.29) is 0 Å². The standard InChI is InChI=1S/C10H8ClIN2S/c1-14-5-4-13-10(14)15-9-3-2-7(12)6-8(9)11/h2-6H,1H3. The molecule has 2 nitrogen and oxygen atoms in total. The van der Waals surface area contributed by atoms with Crippen molar-refractivity contribution in [3.63, 3.8) is 0 Å². The van der Waals surface area contributed by atoms with E-state index in [0.717, 1.165) is 18.6 Å². The Morgan fingerprint density at radius 1 is 1.47 bits per heavy atom. The molecule has 5 heteroatoms. The minimum absolute atomic E-state index is 0.773. The fourth-order valence-electron chi connectivity index (χ4n) is 1.11. The molecule has 0 spiro atoms. The van der Waals surface area contributed by atoms with Crippen LogP contribution in [0.4, 0.5) is 0 Å². The average molecular weight is 351 g/mol. The van der Waals surface area contributed by atoms with Gasteiger partial charge in [0.25, 0.3) is 0 Å². The molecular weight excluding hydrogens is 343 g/mol. The van der Waals surface area contributed by atoms with E-state index in [1.807, 2.05) is 36.0 Å². The highest BCUT2D eigenvalue weighted by Gasteiger charge is 2.06. The van der Waals surface area contributed by atoms with E-state index in [1.165, 1.54) is 0 Å². The third-order valence-electron chi connectivity index (χ3n) is 1.87. The highest BCUT2D eigenvalue weighted by atomic mass is 127. The van der Waals surface area contributed by atoms with Crippen molar-refractivity contribution in [3.8, 4) is 0 Å². The molecule has 2 rings (SSSR count). The van der Waals surface area contributed by atoms with E-state index >= 15 is 0 Å². The fraction of sp³-hybridized carbons (Fsp3) is 0.100. The molecule has 2 aromatic rings. The minimum atomic E-state index is 0.773. The maximum Gasteiger partial charge on any atom is 0.172 e. The lowest BCUT2D eigenvalue weighted by Gasteiger charge is -2.04. The van der Waals surface area contributed by atoms with Crippen molar-refractivity contribution in [2.75, 3.05) is 0 Å². The molecule has 0 aliphatic heterocycles. The van der Waals surface area contributed by atoms with Gasteiger partial charge in [-0.05, 0) is 40.8 Å². The Bertz CT molecular complexity index is 484. The largest absolute Gasteiger partial charge is 0.329 e. The molecule has 1 heterocycles. The van der Waals surface area contributed by atoms with E-state index in [1.54, 1.807) is 18.0 Å². The van der Waals surface area contributed by atoms with Gasteiger partial charge >= 0.3 is 0 Å². The highest BCUT2D eigenvalue weighted by Crippen LogP contribution is 2.32. The summed E-state index contributed by atoms with van der Waals surface area (Å²) in [6, 6.07) is 6.01. The van der Waals surface area contributed by atoms with Crippen LogP contribution < -0.4 is 0 Å². The maximum absolute atomic E-state index is 6.14. The summed E-state index contributed by atoms with van der Waals surface area (Å²) < 4.78 is 3.11. The first-order valence-electron chi connectivity index (χ1n) is 4.27. The quantitative estimate of drug-likeness (QED) is 0.766. The van der Waals surface area contributed by atoms with Gasteiger partial charge in [-0.2, -0.15) is 0 Å². The Morgan fingerprint density at radius 2 is 2.27 bits per heavy atom. The summed E-state index contributed by atoms with van der Waals surface area (Å²) in [4.78, 5) is 5.27. The van der Waals surface area contributed by atoms with Gasteiger partial charge < -0.3 is 4.57 Å². The average Bonchev–Trinajstić information content (AvgIpc) is 2.57. The van der Waals surface area contributed by atoms with E-state index in [9.17, 15) is 0 Å². The molecule has 1 aromatic carbocycles. The third-order valence-corrected chi connectivity index (χ3v) is 4.12. The number of rotatable bonds is 2. The van der Waals surface area contributed by atoms with Crippen LogP contribution in [0.5, 0.6) is 0 Å². The fourth-order valence-corrected chi connectivity index (χ4v) is 2.89. The van der Waals surface area contributed by atoms with Crippen molar-refractivity contribution in [2.24, 2.45) is 7.05 Å². The van der Waals surface area contributed by atoms with E-state index in [4.69, 9.17) is 11.6 Å². The zero-order valence-electron chi connectivity index (χ0n) is 7.95. The molecule has 0 fully saturated rings. The van der Waals surface area contributed by atoms with E-state index < -0.39 is 0 Å². The van der Waals surface area contributed by atoms with Crippen LogP contribution in [0, 0.1) is 3.57 Å². The summed E-state index contributed by atoms with van der Waals surface area (Å²) in [6.07, 6.45) is 3.70. The number of aryl methyl sites for hydroxylation is 1. The van der Waals surface area contributed by atoms with Gasteiger partial charge in [-0.25, -0.2) is 4.98 Å². The lowest BCUT2D eigenvalue weighted by molar-refractivity contribution is 0.790. The summed E-state index contributed by atoms with van der Waals surface area (Å²) in [7, 11) is 1.97. The first-order valence-corrected chi connectivity index (χ1v) is 6.54. The van der Waals surface area contributed by atoms with Crippen molar-refractivity contribution in [1.82, 2.24) is 9.55 Å². The molecule has 0 unspecified atom stereocenters. The molecule has 0 amide bonds. The van der Waals surface area contributed by atoms with Gasteiger partial charge in [0, 0.05) is 27.9 Å². The van der Waals surface area contributed by atoms with Crippen LogP contribution in [-0.2, 0) is 7.05 Å². The Morgan fingerprint density at radius 3 is 2.87 bits per heavy atom. The smallest absolute Gasteiger partial charge is 0.172 e. The number of nitrogens with zero attached hydrogens (tertiary/aromatic N) is 2. The third kappa shape index (κ3) is 2.68. The molecule has 15 heavy (non-hydrogen) atoms. The topological polar surface area (TPSA) is 17.8 Å². The number of halogens is 2. The first kappa shape index (κ1) is 11.3. The minimum Gasteiger partial charge on any atom is -0.329 e. The first-order chi connectivity index (χ1) is 7.16. The highest BCUT2D eigenvalue weighted by molar-refractivity contribution is 14.1. The molecule has 78 valence electrons. The van der Waals surface area contributed by atoms with E-state index in [2.05, 4.69) is 27.6 Å². The zero-order chi connectivity index (χ0) is 10.8. The van der Waals surface area contributed by atoms with Crippen molar-refractivity contribution in [2.45, 2.75) is 10.1 Å². The summed E-state index contributed by atoms with van der Waals surface area (Å²) in [5.41, 5.74) is 0. The summed E-state index contributed by atoms with van der Waals surface area (Å²) in [6.45, 7) is 0. The predicted molar refractivity (Wildman–Crippen MR) is 71.5 cm³/mol. The van der Waals surface area contributed by atoms with Gasteiger partial charge in [0.1, 0.15) is 0 Å². The molecule has 0 bridgehead atoms. The normalized spacial score (nSPS) is 10.6. The maximum atomic E-state index is 6.14. The number of hydrogen-bond donors (Lipinski definition) is 0. The van der Waals surface area contributed by atoms with E-state index in [0.29, 0.717) is 0 Å². The Balaban J connectivity index is 2.29. The molecule has 0 saturated carbocycles. The second-order valence-electron chi connectivity index (χ2n) is 3.00. The lowest BCUT2D eigenvalue weighted by atomic mass is 10.4. The van der Waals surface area contributed by atoms with Crippen molar-refractivity contribution in [3.05, 3.63) is 39.2 Å². The van der Waals surface area contributed by atoms with Crippen LogP contribution in [0.1, 0.15) is 0 Å². The number of benzene rings is 1. The monoisotopic (exact) mass is 350 g/mol. The summed E-state index contributed by atoms with van der Waals surface area (Å²) in [5.74, 6) is 0. The van der Waals surface area contributed by atoms with Crippen molar-refractivity contribution in [1.29, 1.82) is 0 Å². The molecule has 0 saturated heterocycles. The number of hydrogen-bond acceptors (Lipinski definition) is 2. The van der Waals surface area contributed by atoms with Crippen molar-refractivity contribution >= 4 is 46.0 Å². The summed E-state index contributed by atoms with van der Waals surface area (Å²) >= 11 is 9.95. The number of aromatic nitrogens is 2. The van der Waals surface area contributed by atoms with Gasteiger partial charge in [0.15, 0.2) is 5.16 Å². The van der Waals surface area contributed by atoms with Gasteiger partial charge in [0.05, 0.1) is 5.02 Å². The summed E-state index contributed by atoms with van der Waals surface area (Å²) in [5, 5.41) is 1.72. The zero-order valence-corrected chi connectivity index (χ0v) is 11.7. The SMILES string of the molecule is Cn1ccnc1Sc1ccc(I)cc1Cl. The predicted octanol–water partition coefficient (Wildman–Crippen LogP) is 3.83. The van der Waals surface area contributed by atoms with Crippen molar-refractivity contribution < 1.29 is 0 Å². The lowest BCUT2D eigenvalue weighted by Crippen LogP contribution is -1.88. The van der Waals surface area contributed by atoms with Crippen LogP contribution in [0.2, 0.25) is 5.02 Å². The Hall–Kier alpha value is -0.200. The Labute approximate surface area is 111 Å². The van der Waals surface area contributed by atoms with Gasteiger partial charge in [-0.3, -0.25) is 0 Å². The van der Waals surface area contributed by atoms with Gasteiger partial charge in [-0.1, -0.05) is 23.4 Å². The molecule has 0 atom stereocenters. The van der Waals surface area contributed by atoms with Crippen LogP contribution in [0.3, 0.4) is 0 Å². The molecule has 0 N–H and O–H groups in total.